The Morgan fingerprint density at radius 2 is 2.10 bits per heavy atom. The molecule has 0 saturated heterocycles. The number of imidazole rings is 1. The number of anilines is 1. The topological polar surface area (TPSA) is 42.7 Å². The van der Waals surface area contributed by atoms with Crippen LogP contribution >= 0.6 is 11.3 Å². The molecule has 0 aliphatic carbocycles. The maximum Gasteiger partial charge on any atom is 0.138 e. The Morgan fingerprint density at radius 3 is 2.70 bits per heavy atom. The van der Waals surface area contributed by atoms with Crippen LogP contribution in [-0.4, -0.2) is 14.5 Å². The molecule has 0 spiro atoms. The van der Waals surface area contributed by atoms with Gasteiger partial charge in [0, 0.05) is 23.8 Å². The Hall–Kier alpha value is -2.14. The highest BCUT2D eigenvalue weighted by Crippen LogP contribution is 2.18. The molecule has 3 aromatic heterocycles. The van der Waals surface area contributed by atoms with Gasteiger partial charge in [0.15, 0.2) is 0 Å². The van der Waals surface area contributed by atoms with Crippen molar-refractivity contribution in [3.63, 3.8) is 0 Å². The number of nitrogens with one attached hydrogen (secondary N) is 1. The first-order chi connectivity index (χ1) is 9.74. The summed E-state index contributed by atoms with van der Waals surface area (Å²) in [6, 6.07) is 6.19. The lowest BCUT2D eigenvalue weighted by atomic mass is 10.3. The van der Waals surface area contributed by atoms with Crippen LogP contribution in [0, 0.1) is 13.8 Å². The molecule has 0 saturated carbocycles. The predicted molar refractivity (Wildman–Crippen MR) is 82.5 cm³/mol. The van der Waals surface area contributed by atoms with Gasteiger partial charge >= 0.3 is 0 Å². The first-order valence-corrected chi connectivity index (χ1v) is 7.35. The molecule has 0 atom stereocenters. The summed E-state index contributed by atoms with van der Waals surface area (Å²) < 4.78 is 1.97. The van der Waals surface area contributed by atoms with Gasteiger partial charge in [0.25, 0.3) is 0 Å². The number of hydrogen-bond acceptors (Lipinski definition) is 4. The first kappa shape index (κ1) is 12.9. The maximum atomic E-state index is 4.47. The summed E-state index contributed by atoms with van der Waals surface area (Å²) in [6.07, 6.45) is 5.56. The standard InChI is InChI=1S/C15H16N4S/c1-11-5-8-20-14(11)10-17-13-3-4-15(18-9-13)19-7-6-16-12(19)2/h3-9,17H,10H2,1-2H3. The molecular formula is C15H16N4S. The first-order valence-electron chi connectivity index (χ1n) is 6.47. The number of aromatic nitrogens is 3. The van der Waals surface area contributed by atoms with Crippen LogP contribution in [0.4, 0.5) is 5.69 Å². The molecule has 3 heterocycles. The molecule has 0 bridgehead atoms. The summed E-state index contributed by atoms with van der Waals surface area (Å²) in [5.74, 6) is 1.82. The van der Waals surface area contributed by atoms with Gasteiger partial charge in [-0.1, -0.05) is 0 Å². The molecule has 0 amide bonds. The Balaban J connectivity index is 1.71. The maximum absolute atomic E-state index is 4.47. The zero-order valence-electron chi connectivity index (χ0n) is 11.5. The molecule has 0 aliphatic heterocycles. The van der Waals surface area contributed by atoms with Gasteiger partial charge in [0.1, 0.15) is 11.6 Å². The molecule has 0 aromatic carbocycles. The fraction of sp³-hybridized carbons (Fsp3) is 0.200. The summed E-state index contributed by atoms with van der Waals surface area (Å²) in [5, 5.41) is 5.52. The zero-order valence-corrected chi connectivity index (χ0v) is 12.3. The fourth-order valence-corrected chi connectivity index (χ4v) is 2.87. The molecule has 0 fully saturated rings. The Morgan fingerprint density at radius 1 is 1.20 bits per heavy atom. The van der Waals surface area contributed by atoms with Gasteiger partial charge in [-0.2, -0.15) is 0 Å². The van der Waals surface area contributed by atoms with Crippen LogP contribution in [-0.2, 0) is 6.54 Å². The van der Waals surface area contributed by atoms with Crippen LogP contribution in [0.1, 0.15) is 16.3 Å². The fourth-order valence-electron chi connectivity index (χ4n) is 2.02. The van der Waals surface area contributed by atoms with E-state index in [9.17, 15) is 0 Å². The average Bonchev–Trinajstić information content (AvgIpc) is 3.06. The monoisotopic (exact) mass is 284 g/mol. The summed E-state index contributed by atoms with van der Waals surface area (Å²) in [5.41, 5.74) is 2.36. The molecule has 1 N–H and O–H groups in total. The smallest absolute Gasteiger partial charge is 0.138 e. The predicted octanol–water partition coefficient (Wildman–Crippen LogP) is 3.56. The van der Waals surface area contributed by atoms with E-state index in [1.807, 2.05) is 36.0 Å². The largest absolute Gasteiger partial charge is 0.379 e. The highest BCUT2D eigenvalue weighted by atomic mass is 32.1. The molecule has 0 unspecified atom stereocenters. The third-order valence-electron chi connectivity index (χ3n) is 3.24. The van der Waals surface area contributed by atoms with E-state index in [-0.39, 0.29) is 0 Å². The van der Waals surface area contributed by atoms with Crippen molar-refractivity contribution >= 4 is 17.0 Å². The van der Waals surface area contributed by atoms with E-state index in [1.165, 1.54) is 10.4 Å². The molecule has 3 rings (SSSR count). The number of hydrogen-bond donors (Lipinski definition) is 1. The molecule has 4 nitrogen and oxygen atoms in total. The molecular weight excluding hydrogens is 268 g/mol. The number of pyridine rings is 1. The van der Waals surface area contributed by atoms with Gasteiger partial charge in [-0.25, -0.2) is 9.97 Å². The van der Waals surface area contributed by atoms with Crippen LogP contribution < -0.4 is 5.32 Å². The van der Waals surface area contributed by atoms with Gasteiger partial charge in [-0.3, -0.25) is 4.57 Å². The van der Waals surface area contributed by atoms with Crippen molar-refractivity contribution in [2.45, 2.75) is 20.4 Å². The lowest BCUT2D eigenvalue weighted by Crippen LogP contribution is -2.02. The highest BCUT2D eigenvalue weighted by Gasteiger charge is 2.03. The summed E-state index contributed by atoms with van der Waals surface area (Å²) in [7, 11) is 0. The molecule has 0 radical (unpaired) electrons. The number of aryl methyl sites for hydroxylation is 2. The van der Waals surface area contributed by atoms with Gasteiger partial charge in [0.2, 0.25) is 0 Å². The summed E-state index contributed by atoms with van der Waals surface area (Å²) >= 11 is 1.78. The second-order valence-corrected chi connectivity index (χ2v) is 5.63. The minimum absolute atomic E-state index is 0.842. The van der Waals surface area contributed by atoms with Crippen molar-refractivity contribution in [2.24, 2.45) is 0 Å². The van der Waals surface area contributed by atoms with Crippen molar-refractivity contribution < 1.29 is 0 Å². The van der Waals surface area contributed by atoms with Crippen molar-refractivity contribution in [2.75, 3.05) is 5.32 Å². The van der Waals surface area contributed by atoms with Crippen LogP contribution in [0.2, 0.25) is 0 Å². The zero-order chi connectivity index (χ0) is 13.9. The summed E-state index contributed by atoms with van der Waals surface area (Å²) in [4.78, 5) is 10.0. The van der Waals surface area contributed by atoms with Crippen LogP contribution in [0.25, 0.3) is 5.82 Å². The third kappa shape index (κ3) is 2.58. The Labute approximate surface area is 122 Å². The lowest BCUT2D eigenvalue weighted by molar-refractivity contribution is 0.932. The van der Waals surface area contributed by atoms with E-state index in [2.05, 4.69) is 33.7 Å². The van der Waals surface area contributed by atoms with Gasteiger partial charge < -0.3 is 5.32 Å². The van der Waals surface area contributed by atoms with Gasteiger partial charge in [-0.15, -0.1) is 11.3 Å². The molecule has 102 valence electrons. The van der Waals surface area contributed by atoms with E-state index in [0.29, 0.717) is 0 Å². The second-order valence-electron chi connectivity index (χ2n) is 4.63. The number of rotatable bonds is 4. The second kappa shape index (κ2) is 5.46. The molecule has 5 heteroatoms. The van der Waals surface area contributed by atoms with Gasteiger partial charge in [0.05, 0.1) is 11.9 Å². The van der Waals surface area contributed by atoms with Crippen molar-refractivity contribution in [1.29, 1.82) is 0 Å². The Kier molecular flexibility index (Phi) is 3.52. The highest BCUT2D eigenvalue weighted by molar-refractivity contribution is 7.10. The minimum Gasteiger partial charge on any atom is -0.379 e. The van der Waals surface area contributed by atoms with Gasteiger partial charge in [-0.05, 0) is 43.0 Å². The minimum atomic E-state index is 0.842. The molecule has 3 aromatic rings. The summed E-state index contributed by atoms with van der Waals surface area (Å²) in [6.45, 7) is 4.94. The quantitative estimate of drug-likeness (QED) is 0.796. The third-order valence-corrected chi connectivity index (χ3v) is 4.26. The molecule has 20 heavy (non-hydrogen) atoms. The van der Waals surface area contributed by atoms with Crippen molar-refractivity contribution in [3.8, 4) is 5.82 Å². The normalized spacial score (nSPS) is 10.7. The van der Waals surface area contributed by atoms with Crippen molar-refractivity contribution in [3.05, 3.63) is 58.4 Å². The van der Waals surface area contributed by atoms with E-state index >= 15 is 0 Å². The van der Waals surface area contributed by atoms with Crippen LogP contribution in [0.15, 0.2) is 42.2 Å². The van der Waals surface area contributed by atoms with E-state index < -0.39 is 0 Å². The molecule has 0 aliphatic rings. The van der Waals surface area contributed by atoms with Crippen LogP contribution in [0.5, 0.6) is 0 Å². The lowest BCUT2D eigenvalue weighted by Gasteiger charge is -2.08. The number of thiophene rings is 1. The average molecular weight is 284 g/mol. The van der Waals surface area contributed by atoms with Crippen LogP contribution in [0.3, 0.4) is 0 Å². The Bertz CT molecular complexity index is 697. The number of nitrogens with zero attached hydrogens (tertiary/aromatic N) is 3. The van der Waals surface area contributed by atoms with E-state index in [1.54, 1.807) is 17.5 Å². The van der Waals surface area contributed by atoms with Crippen molar-refractivity contribution in [1.82, 2.24) is 14.5 Å². The van der Waals surface area contributed by atoms with E-state index in [0.717, 1.165) is 23.9 Å². The SMILES string of the molecule is Cc1ccsc1CNc1ccc(-n2ccnc2C)nc1. The van der Waals surface area contributed by atoms with E-state index in [4.69, 9.17) is 0 Å².